The van der Waals surface area contributed by atoms with Gasteiger partial charge in [0.05, 0.1) is 17.6 Å². The molecule has 0 radical (unpaired) electrons. The molecule has 21 heavy (non-hydrogen) atoms. The van der Waals surface area contributed by atoms with Gasteiger partial charge in [-0.05, 0) is 19.3 Å². The van der Waals surface area contributed by atoms with Crippen molar-refractivity contribution in [3.8, 4) is 0 Å². The van der Waals surface area contributed by atoms with Crippen LogP contribution in [0.4, 0.5) is 0 Å². The quantitative estimate of drug-likeness (QED) is 0.855. The van der Waals surface area contributed by atoms with Crippen molar-refractivity contribution in [2.75, 3.05) is 25.1 Å². The summed E-state index contributed by atoms with van der Waals surface area (Å²) in [5.74, 6) is -0.0284. The molecule has 2 rings (SSSR count). The maximum atomic E-state index is 12.2. The summed E-state index contributed by atoms with van der Waals surface area (Å²) in [6.45, 7) is 2.64. The molecule has 0 bridgehead atoms. The van der Waals surface area contributed by atoms with Crippen molar-refractivity contribution >= 4 is 19.9 Å². The van der Waals surface area contributed by atoms with Crippen LogP contribution in [0.25, 0.3) is 0 Å². The highest BCUT2D eigenvalue weighted by molar-refractivity contribution is 7.90. The molecule has 0 aliphatic carbocycles. The molecule has 0 amide bonds. The average Bonchev–Trinajstić information content (AvgIpc) is 2.88. The fourth-order valence-electron chi connectivity index (χ4n) is 2.69. The standard InChI is InChI=1S/C12H21N3O4S2/c1-3-7-21(18,19)15-6-4-5-10(9-15)12-11(8-13-14-12)20(2,16)17/h8,10H,3-7,9H2,1-2H3,(H,13,14). The Morgan fingerprint density at radius 1 is 1.38 bits per heavy atom. The normalized spacial score (nSPS) is 21.5. The van der Waals surface area contributed by atoms with E-state index in [4.69, 9.17) is 0 Å². The van der Waals surface area contributed by atoms with E-state index in [1.54, 1.807) is 0 Å². The average molecular weight is 335 g/mol. The third-order valence-electron chi connectivity index (χ3n) is 3.68. The van der Waals surface area contributed by atoms with Gasteiger partial charge < -0.3 is 0 Å². The number of hydrogen-bond donors (Lipinski definition) is 1. The summed E-state index contributed by atoms with van der Waals surface area (Å²) in [7, 11) is -6.62. The van der Waals surface area contributed by atoms with Crippen LogP contribution < -0.4 is 0 Å². The first-order valence-corrected chi connectivity index (χ1v) is 10.5. The molecule has 0 saturated carbocycles. The zero-order chi connectivity index (χ0) is 15.7. The maximum Gasteiger partial charge on any atom is 0.214 e. The van der Waals surface area contributed by atoms with Crippen LogP contribution in [0.2, 0.25) is 0 Å². The molecule has 2 heterocycles. The molecule has 0 spiro atoms. The summed E-state index contributed by atoms with van der Waals surface area (Å²) in [5, 5.41) is 6.55. The Morgan fingerprint density at radius 2 is 2.10 bits per heavy atom. The van der Waals surface area contributed by atoms with Gasteiger partial charge >= 0.3 is 0 Å². The van der Waals surface area contributed by atoms with Crippen molar-refractivity contribution in [2.24, 2.45) is 0 Å². The number of hydrogen-bond acceptors (Lipinski definition) is 5. The van der Waals surface area contributed by atoms with Crippen molar-refractivity contribution in [1.82, 2.24) is 14.5 Å². The molecule has 1 aliphatic rings. The van der Waals surface area contributed by atoms with E-state index >= 15 is 0 Å². The third kappa shape index (κ3) is 3.64. The lowest BCUT2D eigenvalue weighted by Gasteiger charge is -2.31. The molecule has 0 aromatic carbocycles. The van der Waals surface area contributed by atoms with Crippen LogP contribution >= 0.6 is 0 Å². The number of sulfonamides is 1. The van der Waals surface area contributed by atoms with Crippen LogP contribution in [0.1, 0.15) is 37.8 Å². The van der Waals surface area contributed by atoms with E-state index in [1.165, 1.54) is 10.5 Å². The molecule has 1 unspecified atom stereocenters. The van der Waals surface area contributed by atoms with Gasteiger partial charge in [-0.2, -0.15) is 5.10 Å². The highest BCUT2D eigenvalue weighted by Gasteiger charge is 2.32. The summed E-state index contributed by atoms with van der Waals surface area (Å²) in [6.07, 6.45) is 4.47. The lowest BCUT2D eigenvalue weighted by molar-refractivity contribution is 0.310. The highest BCUT2D eigenvalue weighted by atomic mass is 32.2. The van der Waals surface area contributed by atoms with Gasteiger partial charge in [-0.25, -0.2) is 21.1 Å². The SMILES string of the molecule is CCCS(=O)(=O)N1CCCC(c2[nH]ncc2S(C)(=O)=O)C1. The van der Waals surface area contributed by atoms with Crippen molar-refractivity contribution in [3.05, 3.63) is 11.9 Å². The number of aromatic amines is 1. The summed E-state index contributed by atoms with van der Waals surface area (Å²) < 4.78 is 49.3. The van der Waals surface area contributed by atoms with Crippen LogP contribution in [-0.4, -0.2) is 56.4 Å². The minimum atomic E-state index is -3.36. The second kappa shape index (κ2) is 6.05. The molecule has 1 aliphatic heterocycles. The van der Waals surface area contributed by atoms with E-state index in [2.05, 4.69) is 10.2 Å². The van der Waals surface area contributed by atoms with Crippen LogP contribution in [0.15, 0.2) is 11.1 Å². The van der Waals surface area contributed by atoms with Crippen LogP contribution in [-0.2, 0) is 19.9 Å². The zero-order valence-corrected chi connectivity index (χ0v) is 13.9. The monoisotopic (exact) mass is 335 g/mol. The molecule has 1 fully saturated rings. The van der Waals surface area contributed by atoms with Gasteiger partial charge in [0.2, 0.25) is 10.0 Å². The lowest BCUT2D eigenvalue weighted by atomic mass is 9.96. The Balaban J connectivity index is 2.25. The number of sulfone groups is 1. The topological polar surface area (TPSA) is 100 Å². The number of aromatic nitrogens is 2. The van der Waals surface area contributed by atoms with E-state index in [1.807, 2.05) is 6.92 Å². The first-order valence-electron chi connectivity index (χ1n) is 6.97. The predicted octanol–water partition coefficient (Wildman–Crippen LogP) is 0.732. The first-order chi connectivity index (χ1) is 9.75. The Kier molecular flexibility index (Phi) is 4.74. The van der Waals surface area contributed by atoms with E-state index in [9.17, 15) is 16.8 Å². The van der Waals surface area contributed by atoms with E-state index < -0.39 is 19.9 Å². The smallest absolute Gasteiger partial charge is 0.214 e. The minimum absolute atomic E-state index is 0.127. The fourth-order valence-corrected chi connectivity index (χ4v) is 5.14. The third-order valence-corrected chi connectivity index (χ3v) is 6.85. The Bertz CT molecular complexity index is 694. The van der Waals surface area contributed by atoms with Crippen molar-refractivity contribution in [2.45, 2.75) is 37.0 Å². The number of H-pyrrole nitrogens is 1. The summed E-state index contributed by atoms with van der Waals surface area (Å²) >= 11 is 0. The summed E-state index contributed by atoms with van der Waals surface area (Å²) in [5.41, 5.74) is 0.522. The Morgan fingerprint density at radius 3 is 2.71 bits per heavy atom. The van der Waals surface area contributed by atoms with E-state index in [0.29, 0.717) is 25.2 Å². The molecular formula is C12H21N3O4S2. The number of rotatable bonds is 5. The molecule has 1 aromatic rings. The van der Waals surface area contributed by atoms with Gasteiger partial charge in [0, 0.05) is 25.3 Å². The molecule has 120 valence electrons. The molecule has 1 N–H and O–H groups in total. The van der Waals surface area contributed by atoms with E-state index in [-0.39, 0.29) is 16.6 Å². The number of piperidine rings is 1. The van der Waals surface area contributed by atoms with E-state index in [0.717, 1.165) is 19.1 Å². The van der Waals surface area contributed by atoms with Gasteiger partial charge in [-0.1, -0.05) is 6.92 Å². The van der Waals surface area contributed by atoms with Gasteiger partial charge in [-0.15, -0.1) is 0 Å². The van der Waals surface area contributed by atoms with Gasteiger partial charge in [0.25, 0.3) is 0 Å². The molecule has 1 atom stereocenters. The second-order valence-electron chi connectivity index (χ2n) is 5.43. The fraction of sp³-hybridized carbons (Fsp3) is 0.750. The molecule has 9 heteroatoms. The Hall–Kier alpha value is -0.930. The molecular weight excluding hydrogens is 314 g/mol. The molecule has 7 nitrogen and oxygen atoms in total. The maximum absolute atomic E-state index is 12.2. The van der Waals surface area contributed by atoms with Crippen molar-refractivity contribution in [3.63, 3.8) is 0 Å². The van der Waals surface area contributed by atoms with Crippen LogP contribution in [0.5, 0.6) is 0 Å². The Labute approximate surface area is 125 Å². The van der Waals surface area contributed by atoms with Gasteiger partial charge in [0.15, 0.2) is 9.84 Å². The second-order valence-corrected chi connectivity index (χ2v) is 9.51. The van der Waals surface area contributed by atoms with Gasteiger partial charge in [-0.3, -0.25) is 5.10 Å². The lowest BCUT2D eigenvalue weighted by Crippen LogP contribution is -2.40. The number of nitrogens with zero attached hydrogens (tertiary/aromatic N) is 2. The first kappa shape index (κ1) is 16.4. The van der Waals surface area contributed by atoms with Crippen LogP contribution in [0.3, 0.4) is 0 Å². The number of nitrogens with one attached hydrogen (secondary N) is 1. The largest absolute Gasteiger partial charge is 0.281 e. The summed E-state index contributed by atoms with van der Waals surface area (Å²) in [6, 6.07) is 0. The molecule has 1 aromatic heterocycles. The van der Waals surface area contributed by atoms with Crippen molar-refractivity contribution < 1.29 is 16.8 Å². The van der Waals surface area contributed by atoms with Crippen molar-refractivity contribution in [1.29, 1.82) is 0 Å². The van der Waals surface area contributed by atoms with Crippen LogP contribution in [0, 0.1) is 0 Å². The minimum Gasteiger partial charge on any atom is -0.281 e. The summed E-state index contributed by atoms with van der Waals surface area (Å²) in [4.78, 5) is 0.169. The predicted molar refractivity (Wildman–Crippen MR) is 79.3 cm³/mol. The highest BCUT2D eigenvalue weighted by Crippen LogP contribution is 2.31. The van der Waals surface area contributed by atoms with Gasteiger partial charge in [0.1, 0.15) is 4.90 Å². The zero-order valence-electron chi connectivity index (χ0n) is 12.2. The molecule has 1 saturated heterocycles.